The third-order valence-electron chi connectivity index (χ3n) is 3.24. The number of hydrogen-bond acceptors (Lipinski definition) is 2. The van der Waals surface area contributed by atoms with Gasteiger partial charge in [-0.1, -0.05) is 32.1 Å². The maximum Gasteiger partial charge on any atom is 0.238 e. The topological polar surface area (TPSA) is 32.3 Å². The second-order valence-corrected chi connectivity index (χ2v) is 4.59. The van der Waals surface area contributed by atoms with E-state index in [9.17, 15) is 4.79 Å². The number of rotatable bonds is 5. The molecule has 0 radical (unpaired) electrons. The Balaban J connectivity index is 2.71. The normalized spacial score (nSPS) is 15.7. The van der Waals surface area contributed by atoms with Crippen molar-refractivity contribution < 1.29 is 4.79 Å². The highest BCUT2D eigenvalue weighted by atomic mass is 16.2. The summed E-state index contributed by atoms with van der Waals surface area (Å²) in [4.78, 5) is 14.1. The van der Waals surface area contributed by atoms with Crippen molar-refractivity contribution in [3.63, 3.8) is 0 Å². The van der Waals surface area contributed by atoms with Crippen molar-refractivity contribution in [2.75, 3.05) is 19.6 Å². The number of nitrogens with zero attached hydrogens (tertiary/aromatic N) is 1. The zero-order valence-electron chi connectivity index (χ0n) is 11.9. The van der Waals surface area contributed by atoms with Gasteiger partial charge in [-0.3, -0.25) is 9.69 Å². The second-order valence-electron chi connectivity index (χ2n) is 4.59. The first kappa shape index (κ1) is 14.7. The molecule has 1 rings (SSSR count). The van der Waals surface area contributed by atoms with E-state index in [0.717, 1.165) is 36.4 Å². The van der Waals surface area contributed by atoms with Crippen molar-refractivity contribution >= 4 is 5.91 Å². The Morgan fingerprint density at radius 2 is 2.00 bits per heavy atom. The van der Waals surface area contributed by atoms with Crippen LogP contribution in [0.5, 0.6) is 0 Å². The molecule has 0 saturated carbocycles. The Labute approximate surface area is 110 Å². The molecule has 3 heteroatoms. The van der Waals surface area contributed by atoms with Gasteiger partial charge in [0, 0.05) is 5.70 Å². The highest BCUT2D eigenvalue weighted by Gasteiger charge is 2.12. The lowest BCUT2D eigenvalue weighted by Gasteiger charge is -2.19. The Morgan fingerprint density at radius 3 is 2.61 bits per heavy atom. The van der Waals surface area contributed by atoms with Crippen molar-refractivity contribution in [3.8, 4) is 0 Å². The van der Waals surface area contributed by atoms with Crippen LogP contribution in [0.2, 0.25) is 0 Å². The fourth-order valence-electron chi connectivity index (χ4n) is 2.01. The Kier molecular flexibility index (Phi) is 5.86. The number of allylic oxidation sites excluding steroid dienone is 5. The summed E-state index contributed by atoms with van der Waals surface area (Å²) >= 11 is 0. The highest BCUT2D eigenvalue weighted by Crippen LogP contribution is 2.17. The van der Waals surface area contributed by atoms with E-state index in [1.807, 2.05) is 13.8 Å². The Bertz CT molecular complexity index is 387. The van der Waals surface area contributed by atoms with Crippen LogP contribution in [0.1, 0.15) is 34.1 Å². The highest BCUT2D eigenvalue weighted by molar-refractivity contribution is 5.81. The maximum atomic E-state index is 12.0. The van der Waals surface area contributed by atoms with Crippen LogP contribution in [0.15, 0.2) is 35.1 Å². The van der Waals surface area contributed by atoms with Gasteiger partial charge < -0.3 is 5.32 Å². The first-order valence-electron chi connectivity index (χ1n) is 6.65. The second kappa shape index (κ2) is 7.17. The minimum absolute atomic E-state index is 0.0658. The van der Waals surface area contributed by atoms with Crippen LogP contribution in [-0.2, 0) is 4.79 Å². The maximum absolute atomic E-state index is 12.0. The van der Waals surface area contributed by atoms with Gasteiger partial charge in [0.05, 0.1) is 6.54 Å². The predicted molar refractivity (Wildman–Crippen MR) is 76.1 cm³/mol. The number of carbonyl (C=O) groups excluding carboxylic acids is 1. The van der Waals surface area contributed by atoms with Gasteiger partial charge in [0.15, 0.2) is 0 Å². The molecule has 0 aromatic carbocycles. The van der Waals surface area contributed by atoms with Gasteiger partial charge in [0.2, 0.25) is 5.91 Å². The summed E-state index contributed by atoms with van der Waals surface area (Å²) in [5, 5.41) is 3.04. The third-order valence-corrected chi connectivity index (χ3v) is 3.24. The molecule has 18 heavy (non-hydrogen) atoms. The molecule has 1 aliphatic carbocycles. The zero-order chi connectivity index (χ0) is 13.5. The van der Waals surface area contributed by atoms with Gasteiger partial charge >= 0.3 is 0 Å². The summed E-state index contributed by atoms with van der Waals surface area (Å²) < 4.78 is 0. The summed E-state index contributed by atoms with van der Waals surface area (Å²) in [7, 11) is 0. The lowest BCUT2D eigenvalue weighted by Crippen LogP contribution is -2.37. The minimum atomic E-state index is 0.0658. The molecular weight excluding hydrogens is 224 g/mol. The summed E-state index contributed by atoms with van der Waals surface area (Å²) in [6, 6.07) is 0. The van der Waals surface area contributed by atoms with E-state index in [2.05, 4.69) is 42.3 Å². The monoisotopic (exact) mass is 248 g/mol. The average molecular weight is 248 g/mol. The molecule has 0 aliphatic heterocycles. The molecule has 0 aromatic rings. The van der Waals surface area contributed by atoms with Crippen LogP contribution in [0, 0.1) is 0 Å². The smallest absolute Gasteiger partial charge is 0.238 e. The molecule has 100 valence electrons. The largest absolute Gasteiger partial charge is 0.324 e. The summed E-state index contributed by atoms with van der Waals surface area (Å²) in [5.41, 5.74) is 3.22. The number of amides is 1. The van der Waals surface area contributed by atoms with Crippen molar-refractivity contribution in [1.29, 1.82) is 0 Å². The molecule has 0 saturated heterocycles. The number of hydrogen-bond donors (Lipinski definition) is 1. The van der Waals surface area contributed by atoms with Crippen LogP contribution in [0.3, 0.4) is 0 Å². The zero-order valence-corrected chi connectivity index (χ0v) is 11.9. The summed E-state index contributed by atoms with van der Waals surface area (Å²) in [5.74, 6) is 0.0658. The molecule has 0 heterocycles. The number of likely N-dealkylation sites (N-methyl/N-ethyl adjacent to an activating group) is 1. The van der Waals surface area contributed by atoms with E-state index < -0.39 is 0 Å². The van der Waals surface area contributed by atoms with E-state index in [4.69, 9.17) is 0 Å². The van der Waals surface area contributed by atoms with Crippen LogP contribution >= 0.6 is 0 Å². The van der Waals surface area contributed by atoms with Gasteiger partial charge in [0.1, 0.15) is 0 Å². The van der Waals surface area contributed by atoms with Gasteiger partial charge in [-0.05, 0) is 44.5 Å². The molecule has 0 unspecified atom stereocenters. The van der Waals surface area contributed by atoms with E-state index in [1.165, 1.54) is 0 Å². The van der Waals surface area contributed by atoms with Crippen molar-refractivity contribution in [2.24, 2.45) is 0 Å². The van der Waals surface area contributed by atoms with Crippen molar-refractivity contribution in [2.45, 2.75) is 34.1 Å². The molecule has 0 bridgehead atoms. The molecule has 0 aromatic heterocycles. The molecule has 0 atom stereocenters. The molecule has 0 spiro atoms. The van der Waals surface area contributed by atoms with Crippen LogP contribution < -0.4 is 5.32 Å². The van der Waals surface area contributed by atoms with Crippen LogP contribution in [0.4, 0.5) is 0 Å². The molecule has 3 nitrogen and oxygen atoms in total. The average Bonchev–Trinajstić information content (AvgIpc) is 2.51. The number of carbonyl (C=O) groups is 1. The summed E-state index contributed by atoms with van der Waals surface area (Å²) in [6.07, 6.45) is 7.25. The van der Waals surface area contributed by atoms with E-state index in [0.29, 0.717) is 6.54 Å². The fraction of sp³-hybridized carbons (Fsp3) is 0.533. The minimum Gasteiger partial charge on any atom is -0.324 e. The lowest BCUT2D eigenvalue weighted by molar-refractivity contribution is -0.121. The van der Waals surface area contributed by atoms with Crippen LogP contribution in [0.25, 0.3) is 0 Å². The lowest BCUT2D eigenvalue weighted by atomic mass is 10.1. The molecule has 1 amide bonds. The molecule has 0 fully saturated rings. The first-order valence-corrected chi connectivity index (χ1v) is 6.65. The molecule has 1 N–H and O–H groups in total. The molecular formula is C15H24N2O. The summed E-state index contributed by atoms with van der Waals surface area (Å²) in [6.45, 7) is 10.5. The SMILES string of the molecule is CCN(CC)CC(=O)NC1=C(C)C=CCC=C1C. The standard InChI is InChI=1S/C15H24N2O/c1-5-17(6-2)11-14(18)16-15-12(3)9-7-8-10-13(15)4/h7,9-10H,5-6,8,11H2,1-4H3,(H,16,18). The number of nitrogens with one attached hydrogen (secondary N) is 1. The van der Waals surface area contributed by atoms with Crippen molar-refractivity contribution in [3.05, 3.63) is 35.1 Å². The first-order chi connectivity index (χ1) is 8.58. The van der Waals surface area contributed by atoms with E-state index >= 15 is 0 Å². The Hall–Kier alpha value is -1.35. The van der Waals surface area contributed by atoms with Crippen LogP contribution in [-0.4, -0.2) is 30.4 Å². The van der Waals surface area contributed by atoms with Gasteiger partial charge in [-0.2, -0.15) is 0 Å². The Morgan fingerprint density at radius 1 is 1.33 bits per heavy atom. The fourth-order valence-corrected chi connectivity index (χ4v) is 2.01. The third kappa shape index (κ3) is 4.15. The quantitative estimate of drug-likeness (QED) is 0.811. The van der Waals surface area contributed by atoms with Gasteiger partial charge in [-0.25, -0.2) is 0 Å². The van der Waals surface area contributed by atoms with Gasteiger partial charge in [0.25, 0.3) is 0 Å². The van der Waals surface area contributed by atoms with E-state index in [-0.39, 0.29) is 5.91 Å². The molecule has 1 aliphatic rings. The van der Waals surface area contributed by atoms with Crippen molar-refractivity contribution in [1.82, 2.24) is 10.2 Å². The van der Waals surface area contributed by atoms with Gasteiger partial charge in [-0.15, -0.1) is 0 Å². The predicted octanol–water partition coefficient (Wildman–Crippen LogP) is 2.62. The van der Waals surface area contributed by atoms with E-state index in [1.54, 1.807) is 0 Å².